The molecule has 0 saturated carbocycles. The standard InChI is InChI=1S/C21H31N2O6P/c1-7-9-21(5,26-6)15-10-16(12-17(11-15)29-30(24)25)27-18-13-19(23-14-22-18)28-20(3,4)8-2/h10-14,30H,7-9H2,1-6H3,(H,24,25). The lowest BCUT2D eigenvalue weighted by atomic mass is 9.90. The molecule has 0 aliphatic rings. The van der Waals surface area contributed by atoms with Crippen molar-refractivity contribution in [3.8, 4) is 23.3 Å². The third-order valence-electron chi connectivity index (χ3n) is 4.95. The van der Waals surface area contributed by atoms with Crippen molar-refractivity contribution >= 4 is 8.25 Å². The Kier molecular flexibility index (Phi) is 8.24. The van der Waals surface area contributed by atoms with Crippen LogP contribution in [0.5, 0.6) is 23.3 Å². The molecule has 9 heteroatoms. The molecule has 1 aromatic heterocycles. The molecule has 0 fully saturated rings. The van der Waals surface area contributed by atoms with E-state index in [9.17, 15) is 9.46 Å². The fourth-order valence-electron chi connectivity index (χ4n) is 2.85. The average Bonchev–Trinajstić information content (AvgIpc) is 2.67. The zero-order valence-corrected chi connectivity index (χ0v) is 19.4. The maximum atomic E-state index is 11.3. The van der Waals surface area contributed by atoms with Gasteiger partial charge in [-0.2, -0.15) is 0 Å². The number of benzene rings is 1. The molecule has 0 amide bonds. The summed E-state index contributed by atoms with van der Waals surface area (Å²) in [6, 6.07) is 6.62. The monoisotopic (exact) mass is 438 g/mol. The molecule has 0 bridgehead atoms. The molecule has 2 aromatic rings. The van der Waals surface area contributed by atoms with E-state index in [0.29, 0.717) is 11.6 Å². The smallest absolute Gasteiger partial charge is 0.365 e. The predicted octanol–water partition coefficient (Wildman–Crippen LogP) is 5.26. The molecule has 2 rings (SSSR count). The van der Waals surface area contributed by atoms with Crippen LogP contribution in [-0.2, 0) is 14.9 Å². The second-order valence-electron chi connectivity index (χ2n) is 7.76. The predicted molar refractivity (Wildman–Crippen MR) is 115 cm³/mol. The minimum absolute atomic E-state index is 0.214. The number of hydrogen-bond acceptors (Lipinski definition) is 7. The van der Waals surface area contributed by atoms with Crippen molar-refractivity contribution < 1.29 is 28.2 Å². The zero-order chi connectivity index (χ0) is 22.4. The van der Waals surface area contributed by atoms with Crippen molar-refractivity contribution in [3.05, 3.63) is 36.2 Å². The Bertz CT molecular complexity index is 876. The first-order chi connectivity index (χ1) is 14.1. The summed E-state index contributed by atoms with van der Waals surface area (Å²) in [7, 11) is -1.55. The van der Waals surface area contributed by atoms with Crippen LogP contribution >= 0.6 is 8.25 Å². The van der Waals surface area contributed by atoms with Crippen molar-refractivity contribution in [2.24, 2.45) is 0 Å². The second kappa shape index (κ2) is 10.2. The molecule has 0 aliphatic carbocycles. The molecular weight excluding hydrogens is 407 g/mol. The lowest BCUT2D eigenvalue weighted by Crippen LogP contribution is -2.27. The third kappa shape index (κ3) is 6.69. The Morgan fingerprint density at radius 3 is 2.30 bits per heavy atom. The van der Waals surface area contributed by atoms with Gasteiger partial charge in [0, 0.05) is 13.2 Å². The van der Waals surface area contributed by atoms with Crippen molar-refractivity contribution in [2.45, 2.75) is 65.1 Å². The molecule has 30 heavy (non-hydrogen) atoms. The number of nitrogens with zero attached hydrogens (tertiary/aromatic N) is 2. The van der Waals surface area contributed by atoms with Crippen LogP contribution in [0.1, 0.15) is 59.4 Å². The van der Waals surface area contributed by atoms with Crippen molar-refractivity contribution in [2.75, 3.05) is 7.11 Å². The van der Waals surface area contributed by atoms with E-state index >= 15 is 0 Å². The quantitative estimate of drug-likeness (QED) is 0.474. The molecule has 2 unspecified atom stereocenters. The number of hydrogen-bond donors (Lipinski definition) is 1. The van der Waals surface area contributed by atoms with Gasteiger partial charge < -0.3 is 23.6 Å². The van der Waals surface area contributed by atoms with Crippen molar-refractivity contribution in [3.63, 3.8) is 0 Å². The Balaban J connectivity index is 2.39. The van der Waals surface area contributed by atoms with Crippen LogP contribution in [0.3, 0.4) is 0 Å². The fourth-order valence-corrected chi connectivity index (χ4v) is 3.17. The molecule has 1 heterocycles. The minimum atomic E-state index is -3.18. The van der Waals surface area contributed by atoms with E-state index < -0.39 is 13.9 Å². The van der Waals surface area contributed by atoms with E-state index in [4.69, 9.17) is 18.7 Å². The van der Waals surface area contributed by atoms with E-state index in [1.54, 1.807) is 25.3 Å². The van der Waals surface area contributed by atoms with Crippen LogP contribution in [-0.4, -0.2) is 27.6 Å². The summed E-state index contributed by atoms with van der Waals surface area (Å²) in [4.78, 5) is 17.5. The Labute approximate surface area is 178 Å². The summed E-state index contributed by atoms with van der Waals surface area (Å²) in [5.74, 6) is 1.28. The van der Waals surface area contributed by atoms with Crippen LogP contribution in [0.2, 0.25) is 0 Å². The van der Waals surface area contributed by atoms with Gasteiger partial charge in [-0.25, -0.2) is 14.5 Å². The third-order valence-corrected chi connectivity index (χ3v) is 5.36. The molecular formula is C21H31N2O6P. The summed E-state index contributed by atoms with van der Waals surface area (Å²) in [6.07, 6.45) is 3.81. The van der Waals surface area contributed by atoms with Gasteiger partial charge in [-0.15, -0.1) is 0 Å². The summed E-state index contributed by atoms with van der Waals surface area (Å²) < 4.78 is 33.8. The SMILES string of the molecule is CCCC(C)(OC)c1cc(Oc2cc(OC(C)(C)CC)ncn2)cc(O[PH](=O)O)c1. The van der Waals surface area contributed by atoms with Gasteiger partial charge in [0.15, 0.2) is 0 Å². The highest BCUT2D eigenvalue weighted by Crippen LogP contribution is 2.38. The van der Waals surface area contributed by atoms with Crippen molar-refractivity contribution in [1.29, 1.82) is 0 Å². The number of ether oxygens (including phenoxy) is 3. The van der Waals surface area contributed by atoms with Crippen LogP contribution in [0.25, 0.3) is 0 Å². The highest BCUT2D eigenvalue weighted by atomic mass is 31.1. The topological polar surface area (TPSA) is 100 Å². The number of methoxy groups -OCH3 is 1. The zero-order valence-electron chi connectivity index (χ0n) is 18.4. The van der Waals surface area contributed by atoms with E-state index in [1.165, 1.54) is 12.4 Å². The molecule has 8 nitrogen and oxygen atoms in total. The van der Waals surface area contributed by atoms with Crippen LogP contribution in [0, 0.1) is 0 Å². The summed E-state index contributed by atoms with van der Waals surface area (Å²) in [6.45, 7) is 9.98. The highest BCUT2D eigenvalue weighted by molar-refractivity contribution is 7.32. The van der Waals surface area contributed by atoms with E-state index in [1.807, 2.05) is 27.7 Å². The van der Waals surface area contributed by atoms with Crippen LogP contribution in [0.15, 0.2) is 30.6 Å². The lowest BCUT2D eigenvalue weighted by molar-refractivity contribution is -0.00633. The van der Waals surface area contributed by atoms with Gasteiger partial charge in [-0.1, -0.05) is 20.3 Å². The molecule has 0 aliphatic heterocycles. The van der Waals surface area contributed by atoms with Gasteiger partial charge in [0.25, 0.3) is 0 Å². The maximum Gasteiger partial charge on any atom is 0.365 e. The summed E-state index contributed by atoms with van der Waals surface area (Å²) >= 11 is 0. The Morgan fingerprint density at radius 1 is 1.03 bits per heavy atom. The number of rotatable bonds is 11. The normalized spacial score (nSPS) is 14.6. The Hall–Kier alpha value is -2.15. The summed E-state index contributed by atoms with van der Waals surface area (Å²) in [5.41, 5.74) is -0.219. The van der Waals surface area contributed by atoms with E-state index in [0.717, 1.165) is 24.8 Å². The first-order valence-electron chi connectivity index (χ1n) is 9.91. The van der Waals surface area contributed by atoms with Gasteiger partial charge in [0.1, 0.15) is 23.4 Å². The first-order valence-corrected chi connectivity index (χ1v) is 11.2. The minimum Gasteiger partial charge on any atom is -0.471 e. The summed E-state index contributed by atoms with van der Waals surface area (Å²) in [5, 5.41) is 0. The van der Waals surface area contributed by atoms with Gasteiger partial charge in [0.2, 0.25) is 11.8 Å². The maximum absolute atomic E-state index is 11.3. The molecule has 0 spiro atoms. The fraction of sp³-hybridized carbons (Fsp3) is 0.524. The van der Waals surface area contributed by atoms with Gasteiger partial charge in [-0.3, -0.25) is 0 Å². The average molecular weight is 438 g/mol. The van der Waals surface area contributed by atoms with Crippen LogP contribution < -0.4 is 14.0 Å². The molecule has 0 saturated heterocycles. The number of aromatic nitrogens is 2. The molecule has 166 valence electrons. The molecule has 0 radical (unpaired) electrons. The molecule has 1 N–H and O–H groups in total. The van der Waals surface area contributed by atoms with Gasteiger partial charge in [-0.05, 0) is 51.3 Å². The lowest BCUT2D eigenvalue weighted by Gasteiger charge is -2.29. The molecule has 2 atom stereocenters. The van der Waals surface area contributed by atoms with Gasteiger partial charge in [0.05, 0.1) is 11.7 Å². The van der Waals surface area contributed by atoms with E-state index in [2.05, 4.69) is 16.9 Å². The first kappa shape index (κ1) is 24.1. The van der Waals surface area contributed by atoms with Crippen molar-refractivity contribution in [1.82, 2.24) is 9.97 Å². The largest absolute Gasteiger partial charge is 0.471 e. The molecule has 1 aromatic carbocycles. The second-order valence-corrected chi connectivity index (χ2v) is 8.49. The van der Waals surface area contributed by atoms with Gasteiger partial charge >= 0.3 is 8.25 Å². The Morgan fingerprint density at radius 2 is 1.70 bits per heavy atom. The van der Waals surface area contributed by atoms with E-state index in [-0.39, 0.29) is 17.2 Å². The highest BCUT2D eigenvalue weighted by Gasteiger charge is 2.27. The van der Waals surface area contributed by atoms with Crippen LogP contribution in [0.4, 0.5) is 0 Å².